The number of rotatable bonds is 8. The van der Waals surface area contributed by atoms with Crippen molar-refractivity contribution >= 4 is 12.1 Å². The predicted octanol–water partition coefficient (Wildman–Crippen LogP) is 4.13. The maximum absolute atomic E-state index is 10.9. The predicted molar refractivity (Wildman–Crippen MR) is 72.9 cm³/mol. The molecule has 0 saturated carbocycles. The van der Waals surface area contributed by atoms with E-state index in [1.165, 1.54) is 25.7 Å². The summed E-state index contributed by atoms with van der Waals surface area (Å²) in [6.07, 6.45) is 10.8. The first-order valence-electron chi connectivity index (χ1n) is 6.34. The first kappa shape index (κ1) is 13.5. The molecule has 0 fully saturated rings. The second kappa shape index (κ2) is 8.57. The third-order valence-electron chi connectivity index (χ3n) is 2.66. The molecule has 0 aliphatic rings. The third-order valence-corrected chi connectivity index (χ3v) is 2.66. The molecular formula is C15H21NO. The molecule has 1 aromatic rings. The van der Waals surface area contributed by atoms with Crippen LogP contribution in [0.15, 0.2) is 42.6 Å². The zero-order valence-corrected chi connectivity index (χ0v) is 10.5. The molecule has 1 aromatic carbocycles. The topological polar surface area (TPSA) is 20.3 Å². The summed E-state index contributed by atoms with van der Waals surface area (Å²) in [6.45, 7) is 2.21. The minimum Gasteiger partial charge on any atom is -0.291 e. The van der Waals surface area contributed by atoms with Crippen LogP contribution in [-0.2, 0) is 4.79 Å². The molecule has 0 heterocycles. The summed E-state index contributed by atoms with van der Waals surface area (Å²) in [6, 6.07) is 9.66. The lowest BCUT2D eigenvalue weighted by Crippen LogP contribution is -2.12. The van der Waals surface area contributed by atoms with Crippen molar-refractivity contribution in [3.8, 4) is 0 Å². The normalized spacial score (nSPS) is 10.6. The Morgan fingerprint density at radius 3 is 2.53 bits per heavy atom. The van der Waals surface area contributed by atoms with Gasteiger partial charge in [-0.05, 0) is 25.0 Å². The number of nitrogens with zero attached hydrogens (tertiary/aromatic N) is 1. The molecular weight excluding hydrogens is 210 g/mol. The smallest absolute Gasteiger partial charge is 0.218 e. The molecule has 0 atom stereocenters. The van der Waals surface area contributed by atoms with Crippen LogP contribution in [0.4, 0.5) is 5.69 Å². The van der Waals surface area contributed by atoms with E-state index in [2.05, 4.69) is 13.0 Å². The Labute approximate surface area is 104 Å². The van der Waals surface area contributed by atoms with Crippen molar-refractivity contribution < 1.29 is 4.79 Å². The first-order valence-corrected chi connectivity index (χ1v) is 6.34. The molecule has 92 valence electrons. The summed E-state index contributed by atoms with van der Waals surface area (Å²) in [5.41, 5.74) is 0.910. The monoisotopic (exact) mass is 231 g/mol. The number of allylic oxidation sites excluding steroid dienone is 1. The van der Waals surface area contributed by atoms with Crippen LogP contribution in [0.1, 0.15) is 39.0 Å². The van der Waals surface area contributed by atoms with Crippen molar-refractivity contribution in [3.05, 3.63) is 42.6 Å². The van der Waals surface area contributed by atoms with Gasteiger partial charge in [-0.2, -0.15) is 0 Å². The second-order valence-electron chi connectivity index (χ2n) is 4.08. The van der Waals surface area contributed by atoms with E-state index in [-0.39, 0.29) is 0 Å². The van der Waals surface area contributed by atoms with Gasteiger partial charge in [0.15, 0.2) is 0 Å². The zero-order chi connectivity index (χ0) is 12.3. The lowest BCUT2D eigenvalue weighted by Gasteiger charge is -2.11. The van der Waals surface area contributed by atoms with E-state index in [9.17, 15) is 4.79 Å². The largest absolute Gasteiger partial charge is 0.291 e. The number of unbranched alkanes of at least 4 members (excludes halogenated alkanes) is 4. The summed E-state index contributed by atoms with van der Waals surface area (Å²) in [5.74, 6) is 0. The summed E-state index contributed by atoms with van der Waals surface area (Å²) in [4.78, 5) is 12.6. The first-order chi connectivity index (χ1) is 8.38. The molecule has 0 aliphatic heterocycles. The minimum absolute atomic E-state index is 0.845. The molecule has 0 N–H and O–H groups in total. The van der Waals surface area contributed by atoms with Crippen molar-refractivity contribution in [3.63, 3.8) is 0 Å². The van der Waals surface area contributed by atoms with Gasteiger partial charge in [0.05, 0.1) is 0 Å². The van der Waals surface area contributed by atoms with Crippen LogP contribution in [0, 0.1) is 0 Å². The fourth-order valence-electron chi connectivity index (χ4n) is 1.66. The fourth-order valence-corrected chi connectivity index (χ4v) is 1.66. The average molecular weight is 231 g/mol. The highest BCUT2D eigenvalue weighted by atomic mass is 16.1. The Balaban J connectivity index is 2.37. The van der Waals surface area contributed by atoms with E-state index in [0.717, 1.165) is 18.5 Å². The number of benzene rings is 1. The quantitative estimate of drug-likeness (QED) is 0.486. The number of para-hydroxylation sites is 1. The van der Waals surface area contributed by atoms with Crippen LogP contribution in [0.25, 0.3) is 0 Å². The van der Waals surface area contributed by atoms with E-state index in [1.807, 2.05) is 36.5 Å². The Kier molecular flexibility index (Phi) is 6.80. The van der Waals surface area contributed by atoms with Crippen LogP contribution in [0.2, 0.25) is 0 Å². The molecule has 2 nitrogen and oxygen atoms in total. The molecule has 0 bridgehead atoms. The summed E-state index contributed by atoms with van der Waals surface area (Å²) < 4.78 is 0. The highest BCUT2D eigenvalue weighted by Crippen LogP contribution is 2.12. The number of amides is 1. The zero-order valence-electron chi connectivity index (χ0n) is 10.5. The van der Waals surface area contributed by atoms with Crippen molar-refractivity contribution in [2.24, 2.45) is 0 Å². The van der Waals surface area contributed by atoms with Gasteiger partial charge in [0.2, 0.25) is 6.41 Å². The molecule has 17 heavy (non-hydrogen) atoms. The maximum atomic E-state index is 10.9. The molecule has 0 radical (unpaired) electrons. The van der Waals surface area contributed by atoms with Gasteiger partial charge < -0.3 is 0 Å². The van der Waals surface area contributed by atoms with E-state index in [4.69, 9.17) is 0 Å². The van der Waals surface area contributed by atoms with Crippen LogP contribution < -0.4 is 4.90 Å². The summed E-state index contributed by atoms with van der Waals surface area (Å²) in [5, 5.41) is 0. The van der Waals surface area contributed by atoms with Gasteiger partial charge in [0, 0.05) is 11.9 Å². The Bertz CT molecular complexity index is 332. The van der Waals surface area contributed by atoms with Gasteiger partial charge in [-0.3, -0.25) is 9.69 Å². The molecule has 1 amide bonds. The van der Waals surface area contributed by atoms with Crippen LogP contribution in [-0.4, -0.2) is 6.41 Å². The molecule has 0 aromatic heterocycles. The number of carbonyl (C=O) groups excluding carboxylic acids is 1. The van der Waals surface area contributed by atoms with Crippen molar-refractivity contribution in [1.82, 2.24) is 0 Å². The van der Waals surface area contributed by atoms with E-state index < -0.39 is 0 Å². The molecule has 1 rings (SSSR count). The van der Waals surface area contributed by atoms with E-state index >= 15 is 0 Å². The van der Waals surface area contributed by atoms with Crippen molar-refractivity contribution in [2.45, 2.75) is 39.0 Å². The van der Waals surface area contributed by atoms with Gasteiger partial charge in [-0.15, -0.1) is 0 Å². The van der Waals surface area contributed by atoms with E-state index in [1.54, 1.807) is 4.90 Å². The van der Waals surface area contributed by atoms with Gasteiger partial charge in [-0.1, -0.05) is 50.5 Å². The molecule has 0 unspecified atom stereocenters. The van der Waals surface area contributed by atoms with Crippen LogP contribution >= 0.6 is 0 Å². The second-order valence-corrected chi connectivity index (χ2v) is 4.08. The Morgan fingerprint density at radius 1 is 1.12 bits per heavy atom. The van der Waals surface area contributed by atoms with Crippen molar-refractivity contribution in [2.75, 3.05) is 4.90 Å². The lowest BCUT2D eigenvalue weighted by molar-refractivity contribution is -0.106. The molecule has 2 heteroatoms. The highest BCUT2D eigenvalue weighted by Gasteiger charge is 1.98. The minimum atomic E-state index is 0.845. The summed E-state index contributed by atoms with van der Waals surface area (Å²) in [7, 11) is 0. The number of anilines is 1. The molecule has 0 spiro atoms. The molecule has 0 aliphatic carbocycles. The van der Waals surface area contributed by atoms with Crippen LogP contribution in [0.3, 0.4) is 0 Å². The van der Waals surface area contributed by atoms with Crippen molar-refractivity contribution in [1.29, 1.82) is 0 Å². The van der Waals surface area contributed by atoms with E-state index in [0.29, 0.717) is 0 Å². The van der Waals surface area contributed by atoms with Gasteiger partial charge in [0.25, 0.3) is 0 Å². The fraction of sp³-hybridized carbons (Fsp3) is 0.400. The van der Waals surface area contributed by atoms with Crippen LogP contribution in [0.5, 0.6) is 0 Å². The average Bonchev–Trinajstić information content (AvgIpc) is 2.39. The van der Waals surface area contributed by atoms with Gasteiger partial charge in [0.1, 0.15) is 0 Å². The number of hydrogen-bond donors (Lipinski definition) is 0. The summed E-state index contributed by atoms with van der Waals surface area (Å²) >= 11 is 0. The third kappa shape index (κ3) is 5.34. The van der Waals surface area contributed by atoms with Gasteiger partial charge >= 0.3 is 0 Å². The lowest BCUT2D eigenvalue weighted by atomic mass is 10.1. The standard InChI is InChI=1S/C15H21NO/c1-2-3-4-5-6-10-13-16(14-17)15-11-8-7-9-12-15/h7-14H,2-6H2,1H3/b13-10+. The SMILES string of the molecule is CCCCCC/C=C/N(C=O)c1ccccc1. The highest BCUT2D eigenvalue weighted by molar-refractivity contribution is 5.77. The number of hydrogen-bond acceptors (Lipinski definition) is 1. The number of carbonyl (C=O) groups is 1. The Hall–Kier alpha value is -1.57. The van der Waals surface area contributed by atoms with Gasteiger partial charge in [-0.25, -0.2) is 0 Å². The maximum Gasteiger partial charge on any atom is 0.218 e. The Morgan fingerprint density at radius 2 is 1.88 bits per heavy atom. The molecule has 0 saturated heterocycles.